The number of sulfone groups is 1. The van der Waals surface area contributed by atoms with Crippen molar-refractivity contribution in [3.8, 4) is 0 Å². The molecule has 1 aromatic carbocycles. The number of carbonyl (C=O) groups excluding carboxylic acids is 1. The number of thiophene rings is 1. The third-order valence-electron chi connectivity index (χ3n) is 4.03. The summed E-state index contributed by atoms with van der Waals surface area (Å²) in [5.74, 6) is 0.0147. The number of nitrogens with one attached hydrogen (secondary N) is 3. The van der Waals surface area contributed by atoms with Crippen molar-refractivity contribution in [1.29, 1.82) is 0 Å². The van der Waals surface area contributed by atoms with Crippen molar-refractivity contribution in [2.24, 2.45) is 0 Å². The first-order valence-electron chi connectivity index (χ1n) is 9.04. The molecule has 3 N–H and O–H groups in total. The van der Waals surface area contributed by atoms with Crippen LogP contribution < -0.4 is 16.0 Å². The molecular formula is C19H19Cl2N5O3S2. The van der Waals surface area contributed by atoms with Crippen LogP contribution in [-0.4, -0.2) is 35.4 Å². The molecule has 12 heteroatoms. The van der Waals surface area contributed by atoms with Crippen LogP contribution in [0.2, 0.25) is 5.02 Å². The number of rotatable bonds is 8. The summed E-state index contributed by atoms with van der Waals surface area (Å²) in [5.41, 5.74) is 1.58. The minimum absolute atomic E-state index is 0.149. The van der Waals surface area contributed by atoms with Gasteiger partial charge in [-0.15, -0.1) is 22.9 Å². The Hall–Kier alpha value is -2.40. The van der Waals surface area contributed by atoms with Crippen LogP contribution in [0.3, 0.4) is 0 Å². The highest BCUT2D eigenvalue weighted by Crippen LogP contribution is 2.34. The molecule has 0 atom stereocenters. The second-order valence-electron chi connectivity index (χ2n) is 6.62. The third kappa shape index (κ3) is 5.65. The summed E-state index contributed by atoms with van der Waals surface area (Å²) in [6.45, 7) is 3.25. The number of amides is 1. The average Bonchev–Trinajstić information content (AvgIpc) is 3.19. The molecule has 0 fully saturated rings. The van der Waals surface area contributed by atoms with E-state index < -0.39 is 15.1 Å². The Morgan fingerprint density at radius 1 is 1.19 bits per heavy atom. The van der Waals surface area contributed by atoms with Crippen LogP contribution >= 0.6 is 34.5 Å². The van der Waals surface area contributed by atoms with Gasteiger partial charge in [-0.05, 0) is 43.5 Å². The molecule has 2 heterocycles. The summed E-state index contributed by atoms with van der Waals surface area (Å²) in [6.07, 6.45) is 1.40. The lowest BCUT2D eigenvalue weighted by molar-refractivity contribution is -0.113. The largest absolute Gasteiger partial charge is 0.337 e. The first kappa shape index (κ1) is 23.3. The van der Waals surface area contributed by atoms with E-state index in [0.29, 0.717) is 17.1 Å². The van der Waals surface area contributed by atoms with E-state index in [1.807, 2.05) is 0 Å². The Labute approximate surface area is 193 Å². The second-order valence-corrected chi connectivity index (χ2v) is 10.9. The molecule has 0 saturated heterocycles. The van der Waals surface area contributed by atoms with Crippen LogP contribution in [0, 0.1) is 0 Å². The van der Waals surface area contributed by atoms with E-state index >= 15 is 0 Å². The number of halogens is 2. The van der Waals surface area contributed by atoms with Crippen molar-refractivity contribution in [1.82, 2.24) is 9.97 Å². The predicted octanol–water partition coefficient (Wildman–Crippen LogP) is 5.04. The Kier molecular flexibility index (Phi) is 7.37. The Morgan fingerprint density at radius 2 is 1.94 bits per heavy atom. The number of anilines is 5. The summed E-state index contributed by atoms with van der Waals surface area (Å²) in [5, 5.41) is 10.0. The molecule has 0 aliphatic heterocycles. The van der Waals surface area contributed by atoms with E-state index in [1.165, 1.54) is 6.20 Å². The highest BCUT2D eigenvalue weighted by molar-refractivity contribution is 7.94. The molecule has 0 aliphatic rings. The van der Waals surface area contributed by atoms with Gasteiger partial charge >= 0.3 is 0 Å². The van der Waals surface area contributed by atoms with Crippen molar-refractivity contribution in [3.05, 3.63) is 46.9 Å². The maximum Gasteiger partial charge on any atom is 0.239 e. The Morgan fingerprint density at radius 3 is 2.65 bits per heavy atom. The first-order chi connectivity index (χ1) is 14.7. The molecule has 164 valence electrons. The molecule has 3 rings (SSSR count). The SMILES string of the molecule is CC(C)S(=O)(=O)c1sccc1Nc1nc(Nc2cccc(NC(=O)CCl)c2)ncc1Cl. The fourth-order valence-electron chi connectivity index (χ4n) is 2.46. The van der Waals surface area contributed by atoms with Crippen molar-refractivity contribution in [3.63, 3.8) is 0 Å². The van der Waals surface area contributed by atoms with Gasteiger partial charge in [0.25, 0.3) is 0 Å². The molecule has 0 unspecified atom stereocenters. The summed E-state index contributed by atoms with van der Waals surface area (Å²) in [7, 11) is -3.46. The van der Waals surface area contributed by atoms with E-state index in [0.717, 1.165) is 11.3 Å². The summed E-state index contributed by atoms with van der Waals surface area (Å²) >= 11 is 12.9. The second kappa shape index (κ2) is 9.82. The van der Waals surface area contributed by atoms with Crippen molar-refractivity contribution < 1.29 is 13.2 Å². The highest BCUT2D eigenvalue weighted by Gasteiger charge is 2.25. The zero-order valence-corrected chi connectivity index (χ0v) is 19.7. The van der Waals surface area contributed by atoms with Crippen molar-refractivity contribution in [2.45, 2.75) is 23.3 Å². The van der Waals surface area contributed by atoms with Gasteiger partial charge in [0.05, 0.1) is 17.1 Å². The fraction of sp³-hybridized carbons (Fsp3) is 0.211. The van der Waals surface area contributed by atoms with Crippen LogP contribution in [-0.2, 0) is 14.6 Å². The normalized spacial score (nSPS) is 11.4. The number of hydrogen-bond donors (Lipinski definition) is 3. The lowest BCUT2D eigenvalue weighted by Crippen LogP contribution is -2.14. The highest BCUT2D eigenvalue weighted by atomic mass is 35.5. The Balaban J connectivity index is 1.84. The van der Waals surface area contributed by atoms with E-state index in [1.54, 1.807) is 49.6 Å². The third-order valence-corrected chi connectivity index (χ3v) is 8.22. The summed E-state index contributed by atoms with van der Waals surface area (Å²) < 4.78 is 25.4. The zero-order valence-electron chi connectivity index (χ0n) is 16.5. The number of hydrogen-bond acceptors (Lipinski definition) is 8. The molecule has 1 amide bonds. The quantitative estimate of drug-likeness (QED) is 0.372. The average molecular weight is 500 g/mol. The minimum Gasteiger partial charge on any atom is -0.337 e. The van der Waals surface area contributed by atoms with E-state index in [4.69, 9.17) is 23.2 Å². The lowest BCUT2D eigenvalue weighted by atomic mass is 10.2. The number of carbonyl (C=O) groups is 1. The molecule has 3 aromatic rings. The minimum atomic E-state index is -3.46. The van der Waals surface area contributed by atoms with E-state index in [-0.39, 0.29) is 32.8 Å². The molecule has 2 aromatic heterocycles. The van der Waals surface area contributed by atoms with Gasteiger partial charge in [-0.3, -0.25) is 4.79 Å². The lowest BCUT2D eigenvalue weighted by Gasteiger charge is -2.12. The van der Waals surface area contributed by atoms with Crippen LogP contribution in [0.25, 0.3) is 0 Å². The van der Waals surface area contributed by atoms with Gasteiger partial charge in [-0.1, -0.05) is 17.7 Å². The smallest absolute Gasteiger partial charge is 0.239 e. The first-order valence-corrected chi connectivity index (χ1v) is 12.4. The number of aromatic nitrogens is 2. The van der Waals surface area contributed by atoms with E-state index in [9.17, 15) is 13.2 Å². The monoisotopic (exact) mass is 499 g/mol. The molecule has 0 saturated carbocycles. The van der Waals surface area contributed by atoms with Gasteiger partial charge < -0.3 is 16.0 Å². The van der Waals surface area contributed by atoms with Gasteiger partial charge in [0.15, 0.2) is 15.7 Å². The van der Waals surface area contributed by atoms with Gasteiger partial charge in [0.1, 0.15) is 15.1 Å². The van der Waals surface area contributed by atoms with Gasteiger partial charge in [0.2, 0.25) is 11.9 Å². The number of alkyl halides is 1. The van der Waals surface area contributed by atoms with Crippen molar-refractivity contribution >= 4 is 79.1 Å². The Bertz CT molecular complexity index is 1200. The van der Waals surface area contributed by atoms with Gasteiger partial charge in [-0.25, -0.2) is 13.4 Å². The van der Waals surface area contributed by atoms with Gasteiger partial charge in [0, 0.05) is 11.4 Å². The summed E-state index contributed by atoms with van der Waals surface area (Å²) in [4.78, 5) is 20.0. The maximum absolute atomic E-state index is 12.6. The zero-order chi connectivity index (χ0) is 22.6. The topological polar surface area (TPSA) is 113 Å². The van der Waals surface area contributed by atoms with Crippen LogP contribution in [0.1, 0.15) is 13.8 Å². The van der Waals surface area contributed by atoms with Crippen LogP contribution in [0.15, 0.2) is 46.1 Å². The van der Waals surface area contributed by atoms with Crippen LogP contribution in [0.4, 0.5) is 28.8 Å². The molecule has 0 bridgehead atoms. The van der Waals surface area contributed by atoms with E-state index in [2.05, 4.69) is 25.9 Å². The predicted molar refractivity (Wildman–Crippen MR) is 126 cm³/mol. The fourth-order valence-corrected chi connectivity index (χ4v) is 5.38. The maximum atomic E-state index is 12.6. The summed E-state index contributed by atoms with van der Waals surface area (Å²) in [6, 6.07) is 8.60. The molecular weight excluding hydrogens is 481 g/mol. The van der Waals surface area contributed by atoms with Gasteiger partial charge in [-0.2, -0.15) is 4.98 Å². The molecule has 0 radical (unpaired) electrons. The standard InChI is InChI=1S/C19H19Cl2N5O3S2/c1-11(2)31(28,29)18-15(6-7-30-18)25-17-14(21)10-22-19(26-17)24-13-5-3-4-12(8-13)23-16(27)9-20/h3-8,10-11H,9H2,1-2H3,(H,23,27)(H2,22,24,25,26). The number of benzene rings is 1. The van der Waals surface area contributed by atoms with Crippen molar-refractivity contribution in [2.75, 3.05) is 21.8 Å². The molecule has 0 aliphatic carbocycles. The number of nitrogens with zero attached hydrogens (tertiary/aromatic N) is 2. The van der Waals surface area contributed by atoms with Crippen LogP contribution in [0.5, 0.6) is 0 Å². The molecule has 0 spiro atoms. The molecule has 31 heavy (non-hydrogen) atoms. The molecule has 8 nitrogen and oxygen atoms in total.